The number of hydrogen-bond acceptors (Lipinski definition) is 3. The Labute approximate surface area is 221 Å². The molecular weight excluding hydrogens is 579 g/mol. The van der Waals surface area contributed by atoms with E-state index in [1.165, 1.54) is 11.8 Å². The zero-order chi connectivity index (χ0) is 23.9. The van der Waals surface area contributed by atoms with E-state index in [1.807, 2.05) is 78.9 Å². The highest BCUT2D eigenvalue weighted by atomic mass is 127. The van der Waals surface area contributed by atoms with Crippen LogP contribution in [0.5, 0.6) is 0 Å². The number of carbonyl (C=O) groups is 2. The van der Waals surface area contributed by atoms with Gasteiger partial charge in [-0.25, -0.2) is 0 Å². The summed E-state index contributed by atoms with van der Waals surface area (Å²) in [6.45, 7) is 0. The van der Waals surface area contributed by atoms with Crippen molar-refractivity contribution in [1.82, 2.24) is 0 Å². The Morgan fingerprint density at radius 2 is 1.50 bits per heavy atom. The van der Waals surface area contributed by atoms with Crippen molar-refractivity contribution < 1.29 is 9.59 Å². The van der Waals surface area contributed by atoms with Crippen LogP contribution in [0.1, 0.15) is 21.2 Å². The Hall–Kier alpha value is -2.81. The third-order valence-electron chi connectivity index (χ3n) is 4.88. The Morgan fingerprint density at radius 3 is 2.24 bits per heavy atom. The molecule has 170 valence electrons. The molecule has 2 amide bonds. The smallest absolute Gasteiger partial charge is 0.255 e. The van der Waals surface area contributed by atoms with Crippen LogP contribution in [-0.4, -0.2) is 11.8 Å². The van der Waals surface area contributed by atoms with Crippen LogP contribution >= 0.6 is 46.0 Å². The maximum Gasteiger partial charge on any atom is 0.255 e. The van der Waals surface area contributed by atoms with Crippen molar-refractivity contribution >= 4 is 69.1 Å². The predicted octanol–water partition coefficient (Wildman–Crippen LogP) is 7.67. The van der Waals surface area contributed by atoms with Crippen molar-refractivity contribution in [2.24, 2.45) is 0 Å². The lowest BCUT2D eigenvalue weighted by atomic mass is 10.1. The molecule has 1 unspecified atom stereocenters. The molecule has 0 bridgehead atoms. The second-order valence-corrected chi connectivity index (χ2v) is 10.3. The summed E-state index contributed by atoms with van der Waals surface area (Å²) in [5.74, 6) is -0.369. The molecular formula is C27H20ClIN2O2S. The number of hydrogen-bond donors (Lipinski definition) is 2. The third kappa shape index (κ3) is 6.62. The van der Waals surface area contributed by atoms with Gasteiger partial charge in [0.2, 0.25) is 5.91 Å². The van der Waals surface area contributed by atoms with Gasteiger partial charge in [0.15, 0.2) is 0 Å². The van der Waals surface area contributed by atoms with Gasteiger partial charge in [-0.1, -0.05) is 54.1 Å². The largest absolute Gasteiger partial charge is 0.325 e. The minimum atomic E-state index is -0.473. The molecule has 0 aliphatic carbocycles. The van der Waals surface area contributed by atoms with E-state index >= 15 is 0 Å². The van der Waals surface area contributed by atoms with Crippen molar-refractivity contribution in [3.05, 3.63) is 123 Å². The minimum absolute atomic E-state index is 0.120. The summed E-state index contributed by atoms with van der Waals surface area (Å²) in [7, 11) is 0. The molecule has 0 saturated carbocycles. The lowest BCUT2D eigenvalue weighted by Gasteiger charge is -2.18. The van der Waals surface area contributed by atoms with E-state index < -0.39 is 5.25 Å². The van der Waals surface area contributed by atoms with Crippen molar-refractivity contribution in [2.75, 3.05) is 10.6 Å². The summed E-state index contributed by atoms with van der Waals surface area (Å²) in [5, 5.41) is 5.95. The zero-order valence-corrected chi connectivity index (χ0v) is 21.6. The fourth-order valence-electron chi connectivity index (χ4n) is 3.26. The number of rotatable bonds is 7. The summed E-state index contributed by atoms with van der Waals surface area (Å²) >= 11 is 9.66. The number of halogens is 2. The van der Waals surface area contributed by atoms with Gasteiger partial charge in [0.1, 0.15) is 5.25 Å². The van der Waals surface area contributed by atoms with Crippen LogP contribution in [-0.2, 0) is 4.79 Å². The van der Waals surface area contributed by atoms with Crippen molar-refractivity contribution in [3.8, 4) is 0 Å². The predicted molar refractivity (Wildman–Crippen MR) is 149 cm³/mol. The third-order valence-corrected chi connectivity index (χ3v) is 7.09. The average molecular weight is 599 g/mol. The van der Waals surface area contributed by atoms with Crippen molar-refractivity contribution in [1.29, 1.82) is 0 Å². The van der Waals surface area contributed by atoms with Gasteiger partial charge < -0.3 is 10.6 Å². The van der Waals surface area contributed by atoms with Crippen LogP contribution in [0.4, 0.5) is 11.4 Å². The Kier molecular flexibility index (Phi) is 8.26. The van der Waals surface area contributed by atoms with Crippen LogP contribution in [0.3, 0.4) is 0 Å². The summed E-state index contributed by atoms with van der Waals surface area (Å²) < 4.78 is 1.10. The van der Waals surface area contributed by atoms with Crippen LogP contribution in [0, 0.1) is 3.57 Å². The van der Waals surface area contributed by atoms with Gasteiger partial charge in [-0.15, -0.1) is 11.8 Å². The molecule has 0 spiro atoms. The second-order valence-electron chi connectivity index (χ2n) is 7.40. The Bertz CT molecular complexity index is 1300. The van der Waals surface area contributed by atoms with Crippen LogP contribution in [0.25, 0.3) is 0 Å². The van der Waals surface area contributed by atoms with Crippen molar-refractivity contribution in [3.63, 3.8) is 0 Å². The van der Waals surface area contributed by atoms with Gasteiger partial charge in [-0.2, -0.15) is 0 Å². The highest BCUT2D eigenvalue weighted by Gasteiger charge is 2.22. The summed E-state index contributed by atoms with van der Waals surface area (Å²) in [6.07, 6.45) is 0. The summed E-state index contributed by atoms with van der Waals surface area (Å²) in [4.78, 5) is 26.7. The fraction of sp³-hybridized carbons (Fsp3) is 0.0370. The maximum atomic E-state index is 13.3. The van der Waals surface area contributed by atoms with Crippen LogP contribution < -0.4 is 10.6 Å². The van der Waals surface area contributed by atoms with Crippen molar-refractivity contribution in [2.45, 2.75) is 10.1 Å². The first-order valence-electron chi connectivity index (χ1n) is 10.4. The van der Waals surface area contributed by atoms with Crippen LogP contribution in [0.15, 0.2) is 108 Å². The molecule has 2 N–H and O–H groups in total. The second kappa shape index (κ2) is 11.6. The number of amides is 2. The number of benzene rings is 4. The van der Waals surface area contributed by atoms with E-state index in [2.05, 4.69) is 33.2 Å². The van der Waals surface area contributed by atoms with Gasteiger partial charge in [0.25, 0.3) is 5.91 Å². The summed E-state index contributed by atoms with van der Waals surface area (Å²) in [5.41, 5.74) is 2.75. The standard InChI is InChI=1S/C27H20ClIN2O2S/c28-20-9-4-8-19(16-20)26(32)31-23-10-5-11-24(17-23)34-25(18-6-2-1-3-7-18)27(33)30-22-14-12-21(29)13-15-22/h1-17,25H,(H,30,33)(H,31,32). The summed E-state index contributed by atoms with van der Waals surface area (Å²) in [6, 6.07) is 31.6. The van der Waals surface area contributed by atoms with E-state index in [0.717, 1.165) is 19.7 Å². The molecule has 0 aliphatic rings. The molecule has 0 saturated heterocycles. The van der Waals surface area contributed by atoms with E-state index in [4.69, 9.17) is 11.6 Å². The van der Waals surface area contributed by atoms with E-state index in [0.29, 0.717) is 16.3 Å². The topological polar surface area (TPSA) is 58.2 Å². The normalized spacial score (nSPS) is 11.5. The van der Waals surface area contributed by atoms with Gasteiger partial charge >= 0.3 is 0 Å². The molecule has 1 atom stereocenters. The molecule has 0 aromatic heterocycles. The van der Waals surface area contributed by atoms with Gasteiger partial charge in [0, 0.05) is 30.4 Å². The lowest BCUT2D eigenvalue weighted by molar-refractivity contribution is -0.115. The van der Waals surface area contributed by atoms with E-state index in [1.54, 1.807) is 24.3 Å². The van der Waals surface area contributed by atoms with Gasteiger partial charge in [-0.3, -0.25) is 9.59 Å². The maximum absolute atomic E-state index is 13.3. The molecule has 7 heteroatoms. The van der Waals surface area contributed by atoms with Gasteiger partial charge in [0.05, 0.1) is 0 Å². The van der Waals surface area contributed by atoms with Crippen LogP contribution in [0.2, 0.25) is 5.02 Å². The first-order valence-corrected chi connectivity index (χ1v) is 12.8. The number of anilines is 2. The monoisotopic (exact) mass is 598 g/mol. The highest BCUT2D eigenvalue weighted by Crippen LogP contribution is 2.37. The molecule has 0 aliphatic heterocycles. The first-order chi connectivity index (χ1) is 16.5. The number of carbonyl (C=O) groups excluding carboxylic acids is 2. The molecule has 4 nitrogen and oxygen atoms in total. The Morgan fingerprint density at radius 1 is 0.765 bits per heavy atom. The number of thioether (sulfide) groups is 1. The Balaban J connectivity index is 1.53. The molecule has 4 rings (SSSR count). The molecule has 0 heterocycles. The number of nitrogens with one attached hydrogen (secondary N) is 2. The fourth-order valence-corrected chi connectivity index (χ4v) is 4.89. The van der Waals surface area contributed by atoms with E-state index in [9.17, 15) is 9.59 Å². The highest BCUT2D eigenvalue weighted by molar-refractivity contribution is 14.1. The molecule has 0 radical (unpaired) electrons. The minimum Gasteiger partial charge on any atom is -0.325 e. The lowest BCUT2D eigenvalue weighted by Crippen LogP contribution is -2.19. The molecule has 34 heavy (non-hydrogen) atoms. The average Bonchev–Trinajstić information content (AvgIpc) is 2.84. The van der Waals surface area contributed by atoms with Gasteiger partial charge in [-0.05, 0) is 88.8 Å². The molecule has 4 aromatic rings. The van der Waals surface area contributed by atoms with E-state index in [-0.39, 0.29) is 11.8 Å². The zero-order valence-electron chi connectivity index (χ0n) is 17.9. The molecule has 4 aromatic carbocycles. The quantitative estimate of drug-likeness (QED) is 0.170. The first kappa shape index (κ1) is 24.3. The SMILES string of the molecule is O=C(Nc1cccc(SC(C(=O)Nc2ccc(I)cc2)c2ccccc2)c1)c1cccc(Cl)c1. The molecule has 0 fully saturated rings.